The number of rotatable bonds is 9. The average molecular weight is 491 g/mol. The van der Waals surface area contributed by atoms with Crippen molar-refractivity contribution in [1.82, 2.24) is 13.9 Å². The molecule has 1 unspecified atom stereocenters. The summed E-state index contributed by atoms with van der Waals surface area (Å²) in [4.78, 5) is 18.7. The van der Waals surface area contributed by atoms with Crippen LogP contribution in [0.1, 0.15) is 31.1 Å². The van der Waals surface area contributed by atoms with Crippen LogP contribution in [-0.2, 0) is 26.1 Å². The van der Waals surface area contributed by atoms with Crippen molar-refractivity contribution in [2.45, 2.75) is 43.9 Å². The monoisotopic (exact) mass is 490 g/mol. The second-order valence-electron chi connectivity index (χ2n) is 8.18. The standard InChI is InChI=1S/C23H30N4O4S2/c1-3-31-15-7-14-27-20-10-5-4-9-19(20)24-23(27)25-22(28)18-8-6-13-26(16-18)33(29,30)21-12-11-17(2)32-21/h4-5,9-12,18H,3,6-8,13-16H2,1-2H3,(H,24,25,28). The van der Waals surface area contributed by atoms with Crippen LogP contribution in [0.3, 0.4) is 0 Å². The fourth-order valence-corrected chi connectivity index (χ4v) is 7.09. The van der Waals surface area contributed by atoms with Gasteiger partial charge in [0.2, 0.25) is 11.9 Å². The highest BCUT2D eigenvalue weighted by Crippen LogP contribution is 2.29. The van der Waals surface area contributed by atoms with Gasteiger partial charge in [-0.3, -0.25) is 10.1 Å². The van der Waals surface area contributed by atoms with E-state index in [4.69, 9.17) is 4.74 Å². The first-order valence-corrected chi connectivity index (χ1v) is 13.6. The molecule has 0 bridgehead atoms. The number of nitrogens with zero attached hydrogens (tertiary/aromatic N) is 3. The third-order valence-electron chi connectivity index (χ3n) is 5.83. The van der Waals surface area contributed by atoms with E-state index in [-0.39, 0.29) is 12.5 Å². The largest absolute Gasteiger partial charge is 0.382 e. The number of imidazole rings is 1. The zero-order chi connectivity index (χ0) is 23.4. The van der Waals surface area contributed by atoms with E-state index in [9.17, 15) is 13.2 Å². The molecule has 178 valence electrons. The van der Waals surface area contributed by atoms with Gasteiger partial charge in [-0.1, -0.05) is 12.1 Å². The smallest absolute Gasteiger partial charge is 0.252 e. The van der Waals surface area contributed by atoms with Crippen molar-refractivity contribution in [3.05, 3.63) is 41.3 Å². The minimum atomic E-state index is -3.59. The van der Waals surface area contributed by atoms with Crippen molar-refractivity contribution < 1.29 is 17.9 Å². The number of ether oxygens (including phenoxy) is 1. The Morgan fingerprint density at radius 3 is 2.85 bits per heavy atom. The molecule has 1 saturated heterocycles. The van der Waals surface area contributed by atoms with E-state index in [0.717, 1.165) is 22.3 Å². The number of fused-ring (bicyclic) bond motifs is 1. The summed E-state index contributed by atoms with van der Waals surface area (Å²) in [5.74, 6) is -0.128. The summed E-state index contributed by atoms with van der Waals surface area (Å²) in [7, 11) is -3.59. The molecule has 0 aliphatic carbocycles. The molecule has 1 aromatic carbocycles. The molecular weight excluding hydrogens is 460 g/mol. The molecule has 1 aliphatic rings. The minimum absolute atomic E-state index is 0.176. The molecule has 3 aromatic rings. The van der Waals surface area contributed by atoms with Gasteiger partial charge >= 0.3 is 0 Å². The normalized spacial score (nSPS) is 17.5. The van der Waals surface area contributed by atoms with E-state index >= 15 is 0 Å². The lowest BCUT2D eigenvalue weighted by Crippen LogP contribution is -2.43. The molecular formula is C23H30N4O4S2. The maximum Gasteiger partial charge on any atom is 0.252 e. The van der Waals surface area contributed by atoms with Gasteiger partial charge in [0.25, 0.3) is 10.0 Å². The summed E-state index contributed by atoms with van der Waals surface area (Å²) in [6, 6.07) is 11.2. The lowest BCUT2D eigenvalue weighted by atomic mass is 9.99. The number of hydrogen-bond donors (Lipinski definition) is 1. The van der Waals surface area contributed by atoms with Crippen LogP contribution in [0.4, 0.5) is 5.95 Å². The number of amides is 1. The van der Waals surface area contributed by atoms with Crippen LogP contribution in [0.5, 0.6) is 0 Å². The molecule has 1 amide bonds. The predicted molar refractivity (Wildman–Crippen MR) is 130 cm³/mol. The summed E-state index contributed by atoms with van der Waals surface area (Å²) in [6.07, 6.45) is 2.09. The Bertz CT molecular complexity index is 1220. The number of aromatic nitrogens is 2. The minimum Gasteiger partial charge on any atom is -0.382 e. The Morgan fingerprint density at radius 2 is 2.09 bits per heavy atom. The van der Waals surface area contributed by atoms with E-state index in [1.165, 1.54) is 15.6 Å². The maximum atomic E-state index is 13.2. The molecule has 4 rings (SSSR count). The molecule has 1 fully saturated rings. The second kappa shape index (κ2) is 10.3. The van der Waals surface area contributed by atoms with Gasteiger partial charge in [-0.15, -0.1) is 11.3 Å². The molecule has 3 heterocycles. The topological polar surface area (TPSA) is 93.5 Å². The molecule has 1 N–H and O–H groups in total. The van der Waals surface area contributed by atoms with Crippen LogP contribution >= 0.6 is 11.3 Å². The quantitative estimate of drug-likeness (QED) is 0.460. The van der Waals surface area contributed by atoms with Gasteiger partial charge in [0, 0.05) is 37.7 Å². The molecule has 33 heavy (non-hydrogen) atoms. The maximum absolute atomic E-state index is 13.2. The van der Waals surface area contributed by atoms with Crippen LogP contribution in [0, 0.1) is 12.8 Å². The van der Waals surface area contributed by atoms with Gasteiger partial charge in [0.05, 0.1) is 17.0 Å². The lowest BCUT2D eigenvalue weighted by Gasteiger charge is -2.30. The number of hydrogen-bond acceptors (Lipinski definition) is 6. The van der Waals surface area contributed by atoms with E-state index in [0.29, 0.717) is 49.3 Å². The van der Waals surface area contributed by atoms with E-state index in [1.54, 1.807) is 6.07 Å². The Kier molecular flexibility index (Phi) is 7.48. The van der Waals surface area contributed by atoms with Gasteiger partial charge < -0.3 is 9.30 Å². The number of sulfonamides is 1. The third kappa shape index (κ3) is 5.29. The van der Waals surface area contributed by atoms with Crippen molar-refractivity contribution in [2.24, 2.45) is 5.92 Å². The zero-order valence-electron chi connectivity index (χ0n) is 19.0. The van der Waals surface area contributed by atoms with E-state index in [1.807, 2.05) is 48.7 Å². The molecule has 8 nitrogen and oxygen atoms in total. The molecule has 10 heteroatoms. The molecule has 0 spiro atoms. The first kappa shape index (κ1) is 23.9. The van der Waals surface area contributed by atoms with Crippen molar-refractivity contribution in [1.29, 1.82) is 0 Å². The summed E-state index contributed by atoms with van der Waals surface area (Å²) in [5, 5.41) is 2.98. The van der Waals surface area contributed by atoms with Gasteiger partial charge in [-0.2, -0.15) is 4.31 Å². The van der Waals surface area contributed by atoms with Crippen LogP contribution in [-0.4, -0.2) is 54.5 Å². The van der Waals surface area contributed by atoms with Crippen LogP contribution in [0.2, 0.25) is 0 Å². The summed E-state index contributed by atoms with van der Waals surface area (Å²) in [5.41, 5.74) is 1.76. The highest BCUT2D eigenvalue weighted by molar-refractivity contribution is 7.91. The number of para-hydroxylation sites is 2. The predicted octanol–water partition coefficient (Wildman–Crippen LogP) is 3.87. The number of nitrogens with one attached hydrogen (secondary N) is 1. The Labute approximate surface area is 198 Å². The lowest BCUT2D eigenvalue weighted by molar-refractivity contribution is -0.120. The van der Waals surface area contributed by atoms with Gasteiger partial charge in [0.1, 0.15) is 4.21 Å². The van der Waals surface area contributed by atoms with Crippen molar-refractivity contribution >= 4 is 44.2 Å². The number of anilines is 1. The van der Waals surface area contributed by atoms with Gasteiger partial charge in [0.15, 0.2) is 0 Å². The number of piperidine rings is 1. The highest BCUT2D eigenvalue weighted by atomic mass is 32.2. The van der Waals surface area contributed by atoms with Crippen LogP contribution in [0.15, 0.2) is 40.6 Å². The second-order valence-corrected chi connectivity index (χ2v) is 11.6. The highest BCUT2D eigenvalue weighted by Gasteiger charge is 2.34. The Hall–Kier alpha value is -2.27. The summed E-state index contributed by atoms with van der Waals surface area (Å²) < 4.78 is 35.3. The number of thiophene rings is 1. The first-order valence-electron chi connectivity index (χ1n) is 11.3. The number of aryl methyl sites for hydroxylation is 2. The van der Waals surface area contributed by atoms with Gasteiger partial charge in [-0.25, -0.2) is 13.4 Å². The number of carbonyl (C=O) groups is 1. The first-order chi connectivity index (χ1) is 15.9. The Balaban J connectivity index is 1.49. The molecule has 0 radical (unpaired) electrons. The third-order valence-corrected chi connectivity index (χ3v) is 9.16. The van der Waals surface area contributed by atoms with E-state index < -0.39 is 15.9 Å². The number of benzene rings is 1. The fraction of sp³-hybridized carbons (Fsp3) is 0.478. The molecule has 0 saturated carbocycles. The van der Waals surface area contributed by atoms with Crippen molar-refractivity contribution in [3.8, 4) is 0 Å². The number of carbonyl (C=O) groups excluding carboxylic acids is 1. The molecule has 2 aromatic heterocycles. The molecule has 1 atom stereocenters. The summed E-state index contributed by atoms with van der Waals surface area (Å²) >= 11 is 1.26. The van der Waals surface area contributed by atoms with Crippen LogP contribution < -0.4 is 5.32 Å². The Morgan fingerprint density at radius 1 is 1.27 bits per heavy atom. The summed E-state index contributed by atoms with van der Waals surface area (Å²) in [6.45, 7) is 6.42. The SMILES string of the molecule is CCOCCCn1c(NC(=O)C2CCCN(S(=O)(=O)c3ccc(C)s3)C2)nc2ccccc21. The molecule has 1 aliphatic heterocycles. The fourth-order valence-electron chi connectivity index (χ4n) is 4.13. The van der Waals surface area contributed by atoms with Gasteiger partial charge in [-0.05, 0) is 57.4 Å². The zero-order valence-corrected chi connectivity index (χ0v) is 20.6. The van der Waals surface area contributed by atoms with Crippen molar-refractivity contribution in [3.63, 3.8) is 0 Å². The van der Waals surface area contributed by atoms with E-state index in [2.05, 4.69) is 10.3 Å². The van der Waals surface area contributed by atoms with Crippen molar-refractivity contribution in [2.75, 3.05) is 31.6 Å². The average Bonchev–Trinajstić information content (AvgIpc) is 3.40. The van der Waals surface area contributed by atoms with Crippen LogP contribution in [0.25, 0.3) is 11.0 Å².